The van der Waals surface area contributed by atoms with E-state index in [0.717, 1.165) is 42.3 Å². The highest BCUT2D eigenvalue weighted by Gasteiger charge is 2.49. The molecule has 172 valence electrons. The molecule has 1 N–H and O–H groups in total. The first-order valence-corrected chi connectivity index (χ1v) is 11.7. The third kappa shape index (κ3) is 3.75. The summed E-state index contributed by atoms with van der Waals surface area (Å²) < 4.78 is 7.43. The van der Waals surface area contributed by atoms with E-state index in [2.05, 4.69) is 10.3 Å². The third-order valence-corrected chi connectivity index (χ3v) is 7.10. The first-order valence-electron chi connectivity index (χ1n) is 11.7. The average molecular weight is 447 g/mol. The highest BCUT2D eigenvalue weighted by molar-refractivity contribution is 6.01. The number of para-hydroxylation sites is 3. The lowest BCUT2D eigenvalue weighted by Crippen LogP contribution is -2.64. The standard InChI is InChI=1S/C26H30N4O3/c1-26(25(32)27-19-11-4-3-5-12-19)17-29-21-14-8-7-13-20(21)28-23(29)24(31)30(26)16-18-10-6-9-15-22(18)33-2/h6-10,13-15,19H,3-5,11-12,16-17H2,1-2H3,(H,27,32)/t26-/m1/s1. The Kier molecular flexibility index (Phi) is 5.56. The molecule has 0 bridgehead atoms. The molecule has 2 amide bonds. The topological polar surface area (TPSA) is 76.5 Å². The summed E-state index contributed by atoms with van der Waals surface area (Å²) in [5, 5.41) is 3.27. The molecule has 1 aromatic heterocycles. The number of carbonyl (C=O) groups excluding carboxylic acids is 2. The Morgan fingerprint density at radius 1 is 1.12 bits per heavy atom. The average Bonchev–Trinajstić information content (AvgIpc) is 3.21. The summed E-state index contributed by atoms with van der Waals surface area (Å²) in [6.45, 7) is 2.49. The Morgan fingerprint density at radius 2 is 1.85 bits per heavy atom. The summed E-state index contributed by atoms with van der Waals surface area (Å²) in [7, 11) is 1.62. The molecular weight excluding hydrogens is 416 g/mol. The summed E-state index contributed by atoms with van der Waals surface area (Å²) in [6, 6.07) is 15.5. The molecule has 0 radical (unpaired) electrons. The van der Waals surface area contributed by atoms with Crippen LogP contribution in [0.25, 0.3) is 11.0 Å². The zero-order valence-electron chi connectivity index (χ0n) is 19.2. The molecule has 7 nitrogen and oxygen atoms in total. The zero-order valence-corrected chi connectivity index (χ0v) is 19.2. The predicted octanol–water partition coefficient (Wildman–Crippen LogP) is 3.91. The van der Waals surface area contributed by atoms with Gasteiger partial charge in [0.25, 0.3) is 5.91 Å². The smallest absolute Gasteiger partial charge is 0.291 e. The van der Waals surface area contributed by atoms with Crippen LogP contribution < -0.4 is 10.1 Å². The van der Waals surface area contributed by atoms with Crippen LogP contribution in [0.5, 0.6) is 5.75 Å². The van der Waals surface area contributed by atoms with Crippen LogP contribution in [-0.4, -0.2) is 45.0 Å². The first-order chi connectivity index (χ1) is 16.0. The van der Waals surface area contributed by atoms with Crippen LogP contribution in [-0.2, 0) is 17.9 Å². The van der Waals surface area contributed by atoms with Crippen LogP contribution in [0.2, 0.25) is 0 Å². The van der Waals surface area contributed by atoms with Crippen LogP contribution in [0.15, 0.2) is 48.5 Å². The molecule has 0 spiro atoms. The van der Waals surface area contributed by atoms with Crippen LogP contribution in [0.4, 0.5) is 0 Å². The van der Waals surface area contributed by atoms with Gasteiger partial charge in [0.2, 0.25) is 5.91 Å². The van der Waals surface area contributed by atoms with Gasteiger partial charge in [0.1, 0.15) is 11.3 Å². The van der Waals surface area contributed by atoms with Gasteiger partial charge in [-0.2, -0.15) is 0 Å². The minimum atomic E-state index is -1.06. The van der Waals surface area contributed by atoms with Gasteiger partial charge >= 0.3 is 0 Å². The van der Waals surface area contributed by atoms with Gasteiger partial charge in [0.05, 0.1) is 31.2 Å². The van der Waals surface area contributed by atoms with Crippen molar-refractivity contribution < 1.29 is 14.3 Å². The molecule has 1 saturated carbocycles. The Morgan fingerprint density at radius 3 is 2.64 bits per heavy atom. The van der Waals surface area contributed by atoms with Crippen molar-refractivity contribution in [1.29, 1.82) is 0 Å². The van der Waals surface area contributed by atoms with Crippen LogP contribution >= 0.6 is 0 Å². The van der Waals surface area contributed by atoms with E-state index in [1.807, 2.05) is 60.0 Å². The fraction of sp³-hybridized carbons (Fsp3) is 0.423. The second-order valence-corrected chi connectivity index (χ2v) is 9.30. The number of amides is 2. The summed E-state index contributed by atoms with van der Waals surface area (Å²) in [6.07, 6.45) is 5.44. The second-order valence-electron chi connectivity index (χ2n) is 9.30. The SMILES string of the molecule is COc1ccccc1CN1C(=O)c2nc3ccccc3n2C[C@]1(C)C(=O)NC1CCCCC1. The number of aromatic nitrogens is 2. The van der Waals surface area contributed by atoms with Gasteiger partial charge in [-0.15, -0.1) is 0 Å². The normalized spacial score (nSPS) is 21.2. The Balaban J connectivity index is 1.56. The maximum absolute atomic E-state index is 13.8. The third-order valence-electron chi connectivity index (χ3n) is 7.10. The largest absolute Gasteiger partial charge is 0.496 e. The van der Waals surface area contributed by atoms with E-state index in [9.17, 15) is 9.59 Å². The maximum atomic E-state index is 13.8. The molecule has 1 aliphatic heterocycles. The molecule has 1 fully saturated rings. The monoisotopic (exact) mass is 446 g/mol. The summed E-state index contributed by atoms with van der Waals surface area (Å²) in [5.41, 5.74) is 1.42. The van der Waals surface area contributed by atoms with Crippen LogP contribution in [0, 0.1) is 0 Å². The van der Waals surface area contributed by atoms with E-state index in [-0.39, 0.29) is 24.4 Å². The number of nitrogens with zero attached hydrogens (tertiary/aromatic N) is 3. The number of ether oxygens (including phenoxy) is 1. The molecule has 0 unspecified atom stereocenters. The molecule has 1 aliphatic carbocycles. The molecule has 2 aromatic carbocycles. The van der Waals surface area contributed by atoms with Crippen molar-refractivity contribution in [2.45, 2.75) is 63.7 Å². The van der Waals surface area contributed by atoms with E-state index in [1.54, 1.807) is 12.0 Å². The number of fused-ring (bicyclic) bond motifs is 3. The predicted molar refractivity (Wildman–Crippen MR) is 126 cm³/mol. The number of imidazole rings is 1. The number of nitrogens with one attached hydrogen (secondary N) is 1. The molecule has 3 aromatic rings. The maximum Gasteiger partial charge on any atom is 0.291 e. The number of methoxy groups -OCH3 is 1. The molecule has 2 aliphatic rings. The van der Waals surface area contributed by atoms with Gasteiger partial charge in [-0.25, -0.2) is 4.98 Å². The quantitative estimate of drug-likeness (QED) is 0.645. The van der Waals surface area contributed by atoms with Crippen molar-refractivity contribution in [2.75, 3.05) is 7.11 Å². The fourth-order valence-electron chi connectivity index (χ4n) is 5.17. The van der Waals surface area contributed by atoms with E-state index in [4.69, 9.17) is 4.74 Å². The number of rotatable bonds is 5. The lowest BCUT2D eigenvalue weighted by Gasteiger charge is -2.44. The summed E-state index contributed by atoms with van der Waals surface area (Å²) in [4.78, 5) is 33.9. The van der Waals surface area contributed by atoms with Crippen molar-refractivity contribution in [3.63, 3.8) is 0 Å². The van der Waals surface area contributed by atoms with Crippen molar-refractivity contribution >= 4 is 22.8 Å². The van der Waals surface area contributed by atoms with Gasteiger partial charge in [-0.3, -0.25) is 9.59 Å². The Hall–Kier alpha value is -3.35. The molecule has 0 saturated heterocycles. The zero-order chi connectivity index (χ0) is 23.0. The van der Waals surface area contributed by atoms with Crippen LogP contribution in [0.3, 0.4) is 0 Å². The van der Waals surface area contributed by atoms with Gasteiger partial charge < -0.3 is 19.5 Å². The van der Waals surface area contributed by atoms with E-state index >= 15 is 0 Å². The summed E-state index contributed by atoms with van der Waals surface area (Å²) in [5.74, 6) is 0.708. The van der Waals surface area contributed by atoms with Crippen LogP contribution in [0.1, 0.15) is 55.2 Å². The molecule has 33 heavy (non-hydrogen) atoms. The van der Waals surface area contributed by atoms with E-state index < -0.39 is 5.54 Å². The highest BCUT2D eigenvalue weighted by atomic mass is 16.5. The Labute approximate surface area is 193 Å². The molecule has 1 atom stereocenters. The minimum Gasteiger partial charge on any atom is -0.496 e. The number of benzene rings is 2. The highest BCUT2D eigenvalue weighted by Crippen LogP contribution is 2.33. The Bertz CT molecular complexity index is 1200. The fourth-order valence-corrected chi connectivity index (χ4v) is 5.17. The van der Waals surface area contributed by atoms with E-state index in [0.29, 0.717) is 18.1 Å². The van der Waals surface area contributed by atoms with Crippen molar-refractivity contribution in [1.82, 2.24) is 19.8 Å². The van der Waals surface area contributed by atoms with Crippen molar-refractivity contribution in [3.05, 3.63) is 59.9 Å². The lowest BCUT2D eigenvalue weighted by molar-refractivity contribution is -0.134. The van der Waals surface area contributed by atoms with Crippen molar-refractivity contribution in [3.8, 4) is 5.75 Å². The van der Waals surface area contributed by atoms with Gasteiger partial charge in [0.15, 0.2) is 5.82 Å². The minimum absolute atomic E-state index is 0.110. The first kappa shape index (κ1) is 21.5. The number of hydrogen-bond acceptors (Lipinski definition) is 4. The number of hydrogen-bond donors (Lipinski definition) is 1. The second kappa shape index (κ2) is 8.54. The molecule has 2 heterocycles. The molecular formula is C26H30N4O3. The lowest BCUT2D eigenvalue weighted by atomic mass is 9.91. The molecule has 7 heteroatoms. The molecule has 5 rings (SSSR count). The van der Waals surface area contributed by atoms with Gasteiger partial charge in [-0.05, 0) is 38.0 Å². The number of carbonyl (C=O) groups is 2. The summed E-state index contributed by atoms with van der Waals surface area (Å²) >= 11 is 0. The van der Waals surface area contributed by atoms with Gasteiger partial charge in [-0.1, -0.05) is 49.6 Å². The van der Waals surface area contributed by atoms with Crippen molar-refractivity contribution in [2.24, 2.45) is 0 Å². The van der Waals surface area contributed by atoms with E-state index in [1.165, 1.54) is 6.42 Å². The van der Waals surface area contributed by atoms with Gasteiger partial charge in [0, 0.05) is 11.6 Å².